The summed E-state index contributed by atoms with van der Waals surface area (Å²) in [5.41, 5.74) is -0.406. The minimum absolute atomic E-state index is 0.0228. The molecule has 118 valence electrons. The van der Waals surface area contributed by atoms with Crippen LogP contribution in [0.25, 0.3) is 10.9 Å². The van der Waals surface area contributed by atoms with Crippen LogP contribution in [0, 0.1) is 0 Å². The average Bonchev–Trinajstić information content (AvgIpc) is 2.51. The Balaban J connectivity index is 2.17. The average molecular weight is 319 g/mol. The molecule has 3 aromatic rings. The van der Waals surface area contributed by atoms with Crippen molar-refractivity contribution in [1.29, 1.82) is 0 Å². The first-order valence-corrected chi connectivity index (χ1v) is 6.85. The molecule has 0 saturated heterocycles. The van der Waals surface area contributed by atoms with Crippen LogP contribution in [-0.4, -0.2) is 10.1 Å². The van der Waals surface area contributed by atoms with Crippen molar-refractivity contribution in [3.63, 3.8) is 0 Å². The van der Waals surface area contributed by atoms with Crippen molar-refractivity contribution in [2.24, 2.45) is 0 Å². The number of aromatic hydroxyl groups is 1. The van der Waals surface area contributed by atoms with E-state index in [2.05, 4.69) is 4.98 Å². The maximum Gasteiger partial charge on any atom is 0.416 e. The number of benzene rings is 2. The highest BCUT2D eigenvalue weighted by molar-refractivity contribution is 5.86. The van der Waals surface area contributed by atoms with Crippen LogP contribution in [0.15, 0.2) is 53.3 Å². The molecule has 1 aromatic heterocycles. The molecule has 0 saturated carbocycles. The number of aromatic amines is 1. The molecule has 0 unspecified atom stereocenters. The second kappa shape index (κ2) is 5.46. The third-order valence-electron chi connectivity index (χ3n) is 3.63. The molecule has 3 rings (SSSR count). The van der Waals surface area contributed by atoms with Gasteiger partial charge in [-0.15, -0.1) is 0 Å². The molecule has 0 amide bonds. The Hall–Kier alpha value is -2.76. The van der Waals surface area contributed by atoms with Crippen LogP contribution in [-0.2, 0) is 12.6 Å². The van der Waals surface area contributed by atoms with Crippen LogP contribution in [0.3, 0.4) is 0 Å². The smallest absolute Gasteiger partial charge is 0.416 e. The van der Waals surface area contributed by atoms with E-state index < -0.39 is 23.0 Å². The van der Waals surface area contributed by atoms with Crippen LogP contribution in [0.5, 0.6) is 5.75 Å². The standard InChI is InChI=1S/C17H12F3NO2/c18-17(19,20)11-6-7-14-12(9-11)15(22)13(16(23)21-14)8-10-4-2-1-3-5-10/h1-7,9H,8H2,(H2,21,22,23). The predicted molar refractivity (Wildman–Crippen MR) is 80.5 cm³/mol. The molecule has 23 heavy (non-hydrogen) atoms. The van der Waals surface area contributed by atoms with Gasteiger partial charge in [0.25, 0.3) is 5.56 Å². The highest BCUT2D eigenvalue weighted by Gasteiger charge is 2.31. The number of rotatable bonds is 2. The Labute approximate surface area is 129 Å². The summed E-state index contributed by atoms with van der Waals surface area (Å²) < 4.78 is 38.5. The van der Waals surface area contributed by atoms with Crippen LogP contribution in [0.4, 0.5) is 13.2 Å². The van der Waals surface area contributed by atoms with Gasteiger partial charge in [-0.05, 0) is 23.8 Å². The zero-order valence-corrected chi connectivity index (χ0v) is 11.8. The number of aromatic nitrogens is 1. The fourth-order valence-electron chi connectivity index (χ4n) is 2.46. The Bertz CT molecular complexity index is 915. The molecule has 0 atom stereocenters. The second-order valence-electron chi connectivity index (χ2n) is 5.20. The van der Waals surface area contributed by atoms with Crippen molar-refractivity contribution >= 4 is 10.9 Å². The number of alkyl halides is 3. The number of fused-ring (bicyclic) bond motifs is 1. The number of pyridine rings is 1. The van der Waals surface area contributed by atoms with Crippen molar-refractivity contribution in [2.75, 3.05) is 0 Å². The van der Waals surface area contributed by atoms with Gasteiger partial charge in [0.15, 0.2) is 0 Å². The molecule has 6 heteroatoms. The molecular weight excluding hydrogens is 307 g/mol. The SMILES string of the molecule is O=c1[nH]c2ccc(C(F)(F)F)cc2c(O)c1Cc1ccccc1. The quantitative estimate of drug-likeness (QED) is 0.754. The summed E-state index contributed by atoms with van der Waals surface area (Å²) in [6.45, 7) is 0. The lowest BCUT2D eigenvalue weighted by Gasteiger charge is -2.11. The molecule has 3 nitrogen and oxygen atoms in total. The van der Waals surface area contributed by atoms with E-state index in [0.29, 0.717) is 0 Å². The normalized spacial score (nSPS) is 11.8. The number of nitrogens with one attached hydrogen (secondary N) is 1. The molecule has 0 aliphatic carbocycles. The lowest BCUT2D eigenvalue weighted by Crippen LogP contribution is -2.14. The van der Waals surface area contributed by atoms with Gasteiger partial charge in [-0.1, -0.05) is 30.3 Å². The van der Waals surface area contributed by atoms with Gasteiger partial charge in [0.05, 0.1) is 16.6 Å². The van der Waals surface area contributed by atoms with E-state index in [1.807, 2.05) is 6.07 Å². The Morgan fingerprint density at radius 2 is 1.74 bits per heavy atom. The summed E-state index contributed by atoms with van der Waals surface area (Å²) in [5.74, 6) is -0.418. The monoisotopic (exact) mass is 319 g/mol. The van der Waals surface area contributed by atoms with Crippen molar-refractivity contribution in [3.8, 4) is 5.75 Å². The van der Waals surface area contributed by atoms with Gasteiger partial charge in [0.1, 0.15) is 5.75 Å². The number of hydrogen-bond acceptors (Lipinski definition) is 2. The summed E-state index contributed by atoms with van der Waals surface area (Å²) in [4.78, 5) is 14.6. The number of H-pyrrole nitrogens is 1. The lowest BCUT2D eigenvalue weighted by atomic mass is 10.0. The maximum atomic E-state index is 12.8. The third kappa shape index (κ3) is 2.92. The van der Waals surface area contributed by atoms with Crippen LogP contribution in [0.2, 0.25) is 0 Å². The molecule has 0 fully saturated rings. The first-order chi connectivity index (χ1) is 10.9. The first kappa shape index (κ1) is 15.1. The second-order valence-corrected chi connectivity index (χ2v) is 5.20. The molecular formula is C17H12F3NO2. The topological polar surface area (TPSA) is 53.1 Å². The summed E-state index contributed by atoms with van der Waals surface area (Å²) in [6.07, 6.45) is -4.38. The van der Waals surface area contributed by atoms with Gasteiger partial charge in [-0.3, -0.25) is 4.79 Å². The van der Waals surface area contributed by atoms with Gasteiger partial charge >= 0.3 is 6.18 Å². The molecule has 2 aromatic carbocycles. The highest BCUT2D eigenvalue weighted by Crippen LogP contribution is 2.34. The Morgan fingerprint density at radius 1 is 1.04 bits per heavy atom. The van der Waals surface area contributed by atoms with Gasteiger partial charge in [-0.25, -0.2) is 0 Å². The van der Waals surface area contributed by atoms with Gasteiger partial charge in [-0.2, -0.15) is 13.2 Å². The molecule has 0 aliphatic rings. The Morgan fingerprint density at radius 3 is 2.39 bits per heavy atom. The minimum Gasteiger partial charge on any atom is -0.507 e. The molecule has 0 bridgehead atoms. The minimum atomic E-state index is -4.52. The summed E-state index contributed by atoms with van der Waals surface area (Å²) in [7, 11) is 0. The maximum absolute atomic E-state index is 12.8. The van der Waals surface area contributed by atoms with E-state index in [1.54, 1.807) is 24.3 Å². The fourth-order valence-corrected chi connectivity index (χ4v) is 2.46. The molecule has 0 aliphatic heterocycles. The van der Waals surface area contributed by atoms with Crippen molar-refractivity contribution < 1.29 is 18.3 Å². The van der Waals surface area contributed by atoms with E-state index in [9.17, 15) is 23.1 Å². The Kier molecular flexibility index (Phi) is 3.60. The predicted octanol–water partition coefficient (Wildman–Crippen LogP) is 3.84. The lowest BCUT2D eigenvalue weighted by molar-refractivity contribution is -0.137. The fraction of sp³-hybridized carbons (Fsp3) is 0.118. The van der Waals surface area contributed by atoms with Crippen molar-refractivity contribution in [2.45, 2.75) is 12.6 Å². The van der Waals surface area contributed by atoms with Crippen molar-refractivity contribution in [3.05, 3.63) is 75.6 Å². The van der Waals surface area contributed by atoms with E-state index in [0.717, 1.165) is 23.8 Å². The van der Waals surface area contributed by atoms with Gasteiger partial charge in [0, 0.05) is 11.8 Å². The van der Waals surface area contributed by atoms with Crippen LogP contribution < -0.4 is 5.56 Å². The van der Waals surface area contributed by atoms with E-state index in [4.69, 9.17) is 0 Å². The zero-order chi connectivity index (χ0) is 16.6. The zero-order valence-electron chi connectivity index (χ0n) is 11.8. The van der Waals surface area contributed by atoms with Crippen LogP contribution in [0.1, 0.15) is 16.7 Å². The molecule has 2 N–H and O–H groups in total. The molecule has 0 radical (unpaired) electrons. The van der Waals surface area contributed by atoms with Gasteiger partial charge < -0.3 is 10.1 Å². The third-order valence-corrected chi connectivity index (χ3v) is 3.63. The van der Waals surface area contributed by atoms with Crippen molar-refractivity contribution in [1.82, 2.24) is 4.98 Å². The van der Waals surface area contributed by atoms with Gasteiger partial charge in [0.2, 0.25) is 0 Å². The summed E-state index contributed by atoms with van der Waals surface area (Å²) in [5, 5.41) is 10.3. The first-order valence-electron chi connectivity index (χ1n) is 6.85. The number of halogens is 3. The highest BCUT2D eigenvalue weighted by atomic mass is 19.4. The molecule has 1 heterocycles. The summed E-state index contributed by atoms with van der Waals surface area (Å²) >= 11 is 0. The van der Waals surface area contributed by atoms with E-state index in [-0.39, 0.29) is 22.9 Å². The van der Waals surface area contributed by atoms with E-state index in [1.165, 1.54) is 0 Å². The summed E-state index contributed by atoms with van der Waals surface area (Å²) in [6, 6.07) is 11.8. The molecule has 0 spiro atoms. The van der Waals surface area contributed by atoms with Crippen LogP contribution >= 0.6 is 0 Å². The largest absolute Gasteiger partial charge is 0.507 e. The number of hydrogen-bond donors (Lipinski definition) is 2. The van der Waals surface area contributed by atoms with E-state index >= 15 is 0 Å².